The van der Waals surface area contributed by atoms with Crippen LogP contribution in [0.3, 0.4) is 0 Å². The molecule has 0 aromatic heterocycles. The monoisotopic (exact) mass is 186 g/mol. The second kappa shape index (κ2) is 4.13. The van der Waals surface area contributed by atoms with Crippen LogP contribution in [0.1, 0.15) is 0 Å². The van der Waals surface area contributed by atoms with Crippen molar-refractivity contribution >= 4 is 22.6 Å². The average Bonchev–Trinajstić information content (AvgIpc) is 1.41. The molecule has 0 amide bonds. The van der Waals surface area contributed by atoms with Gasteiger partial charge in [-0.1, -0.05) is 0 Å². The normalized spacial score (nSPS) is 6.60. The summed E-state index contributed by atoms with van der Waals surface area (Å²) in [6.45, 7) is 0. The van der Waals surface area contributed by atoms with E-state index in [0.717, 1.165) is 0 Å². The highest BCUT2D eigenvalue weighted by Crippen LogP contribution is 1.80. The minimum atomic E-state index is 0.460. The van der Waals surface area contributed by atoms with E-state index >= 15 is 0 Å². The summed E-state index contributed by atoms with van der Waals surface area (Å²) in [7, 11) is 0. The first kappa shape index (κ1) is 5.13. The number of nitrogens with zero attached hydrogens (tertiary/aromatic N) is 1. The molecule has 0 aromatic carbocycles. The van der Waals surface area contributed by atoms with Crippen LogP contribution in [0.5, 0.6) is 0 Å². The van der Waals surface area contributed by atoms with E-state index in [1.807, 2.05) is 22.6 Å². The average molecular weight is 186 g/mol. The maximum Gasteiger partial charge on any atom is 0.169 e. The lowest BCUT2D eigenvalue weighted by Crippen LogP contribution is -1.66. The zero-order valence-electron chi connectivity index (χ0n) is 2.44. The van der Waals surface area contributed by atoms with Crippen LogP contribution in [0.25, 0.3) is 0 Å². The Hall–Kier alpha value is 0.130. The van der Waals surface area contributed by atoms with Crippen molar-refractivity contribution in [1.29, 1.82) is 5.53 Å². The van der Waals surface area contributed by atoms with E-state index in [1.54, 1.807) is 0 Å². The number of nitrogens with one attached hydrogen (secondary N) is 1. The van der Waals surface area contributed by atoms with Gasteiger partial charge >= 0.3 is 0 Å². The highest BCUT2D eigenvalue weighted by molar-refractivity contribution is 14.1. The van der Waals surface area contributed by atoms with Gasteiger partial charge < -0.3 is 4.84 Å². The molecule has 0 heterocycles. The lowest BCUT2D eigenvalue weighted by Gasteiger charge is -1.77. The Morgan fingerprint density at radius 3 is 2.60 bits per heavy atom. The molecule has 0 spiro atoms. The van der Waals surface area contributed by atoms with Crippen molar-refractivity contribution in [2.75, 3.05) is 4.61 Å². The van der Waals surface area contributed by atoms with Crippen molar-refractivity contribution in [1.82, 2.24) is 0 Å². The molecule has 0 bridgehead atoms. The smallest absolute Gasteiger partial charge is 0.169 e. The second-order valence-corrected chi connectivity index (χ2v) is 0.952. The quantitative estimate of drug-likeness (QED) is 0.300. The summed E-state index contributed by atoms with van der Waals surface area (Å²) >= 11 is 1.95. The van der Waals surface area contributed by atoms with Gasteiger partial charge in [-0.2, -0.15) is 5.53 Å². The Bertz CT molecular complexity index is 30.8. The summed E-state index contributed by atoms with van der Waals surface area (Å²) in [5.74, 6) is 0. The summed E-state index contributed by atoms with van der Waals surface area (Å²) < 4.78 is 0.460. The van der Waals surface area contributed by atoms with E-state index in [4.69, 9.17) is 5.53 Å². The van der Waals surface area contributed by atoms with E-state index in [2.05, 4.69) is 10.1 Å². The van der Waals surface area contributed by atoms with E-state index < -0.39 is 0 Å². The van der Waals surface area contributed by atoms with Crippen molar-refractivity contribution in [3.05, 3.63) is 0 Å². The predicted octanol–water partition coefficient (Wildman–Crippen LogP) is 1.34. The number of halogens is 1. The fraction of sp³-hybridized carbons (Fsp3) is 1.00. The summed E-state index contributed by atoms with van der Waals surface area (Å²) in [5.41, 5.74) is 6.00. The van der Waals surface area contributed by atoms with Gasteiger partial charge in [-0.3, -0.25) is 0 Å². The Balaban J connectivity index is 2.40. The Kier molecular flexibility index (Phi) is 4.24. The molecule has 0 aliphatic carbocycles. The van der Waals surface area contributed by atoms with Gasteiger partial charge in [0.1, 0.15) is 0 Å². The van der Waals surface area contributed by atoms with E-state index in [-0.39, 0.29) is 0 Å². The molecule has 0 saturated carbocycles. The number of rotatable bonds is 2. The van der Waals surface area contributed by atoms with Crippen molar-refractivity contribution in [2.24, 2.45) is 5.28 Å². The molecule has 0 aliphatic rings. The maximum absolute atomic E-state index is 6.00. The first-order chi connectivity index (χ1) is 2.41. The van der Waals surface area contributed by atoms with Gasteiger partial charge in [0.15, 0.2) is 4.61 Å². The molecule has 0 aliphatic heterocycles. The largest absolute Gasteiger partial charge is 0.369 e. The Labute approximate surface area is 43.3 Å². The lowest BCUT2D eigenvalue weighted by molar-refractivity contribution is 0.172. The highest BCUT2D eigenvalue weighted by Gasteiger charge is 1.61. The minimum Gasteiger partial charge on any atom is -0.369 e. The van der Waals surface area contributed by atoms with Crippen LogP contribution in [0.2, 0.25) is 0 Å². The number of hydrogen-bond donors (Lipinski definition) is 1. The summed E-state index contributed by atoms with van der Waals surface area (Å²) in [6, 6.07) is 0. The number of alkyl halides is 1. The topological polar surface area (TPSA) is 45.4 Å². The van der Waals surface area contributed by atoms with Crippen LogP contribution in [0.15, 0.2) is 5.28 Å². The molecule has 0 radical (unpaired) electrons. The Morgan fingerprint density at radius 2 is 2.60 bits per heavy atom. The molecule has 0 fully saturated rings. The van der Waals surface area contributed by atoms with Crippen molar-refractivity contribution in [2.45, 2.75) is 0 Å². The molecule has 0 saturated heterocycles. The fourth-order valence-electron chi connectivity index (χ4n) is 0.0244. The van der Waals surface area contributed by atoms with Crippen molar-refractivity contribution in [3.8, 4) is 0 Å². The molecule has 4 heteroatoms. The van der Waals surface area contributed by atoms with Crippen molar-refractivity contribution < 1.29 is 4.84 Å². The number of hydrogen-bond acceptors (Lipinski definition) is 3. The standard InChI is InChI=1S/CH3IN2O/c2-1-5-4-3/h3H,1H2. The molecule has 0 atom stereocenters. The molecule has 0 unspecified atom stereocenters. The van der Waals surface area contributed by atoms with Crippen LogP contribution < -0.4 is 0 Å². The van der Waals surface area contributed by atoms with E-state index in [9.17, 15) is 0 Å². The Morgan fingerprint density at radius 1 is 2.00 bits per heavy atom. The van der Waals surface area contributed by atoms with Gasteiger partial charge in [-0.15, -0.1) is 0 Å². The molecular weight excluding hydrogens is 183 g/mol. The first-order valence-electron chi connectivity index (χ1n) is 0.962. The summed E-state index contributed by atoms with van der Waals surface area (Å²) in [6.07, 6.45) is 0. The van der Waals surface area contributed by atoms with Gasteiger partial charge in [0.25, 0.3) is 0 Å². The maximum atomic E-state index is 6.00. The molecule has 30 valence electrons. The van der Waals surface area contributed by atoms with Gasteiger partial charge in [-0.05, 0) is 22.6 Å². The van der Waals surface area contributed by atoms with Crippen LogP contribution in [-0.2, 0) is 4.84 Å². The molecule has 5 heavy (non-hydrogen) atoms. The van der Waals surface area contributed by atoms with Crippen LogP contribution in [-0.4, -0.2) is 4.61 Å². The molecular formula is CH3IN2O. The molecule has 1 N–H and O–H groups in total. The van der Waals surface area contributed by atoms with Gasteiger partial charge in [0, 0.05) is 5.28 Å². The summed E-state index contributed by atoms with van der Waals surface area (Å²) in [4.78, 5) is 4.11. The second-order valence-electron chi connectivity index (χ2n) is 0.329. The summed E-state index contributed by atoms with van der Waals surface area (Å²) in [5, 5.41) is 2.60. The zero-order chi connectivity index (χ0) is 4.12. The van der Waals surface area contributed by atoms with Gasteiger partial charge in [-0.25, -0.2) is 0 Å². The first-order valence-corrected chi connectivity index (χ1v) is 2.49. The fourth-order valence-corrected chi connectivity index (χ4v) is 0.164. The minimum absolute atomic E-state index is 0.460. The van der Waals surface area contributed by atoms with Gasteiger partial charge in [0.05, 0.1) is 0 Å². The van der Waals surface area contributed by atoms with E-state index in [1.165, 1.54) is 0 Å². The SMILES string of the molecule is N=NOCI. The molecule has 3 nitrogen and oxygen atoms in total. The lowest BCUT2D eigenvalue weighted by atomic mass is 11.7. The third-order valence-corrected chi connectivity index (χ3v) is 0.392. The van der Waals surface area contributed by atoms with Gasteiger partial charge in [0.2, 0.25) is 0 Å². The third-order valence-electron chi connectivity index (χ3n) is 0.113. The van der Waals surface area contributed by atoms with Crippen LogP contribution >= 0.6 is 22.6 Å². The predicted molar refractivity (Wildman–Crippen MR) is 25.1 cm³/mol. The zero-order valence-corrected chi connectivity index (χ0v) is 4.60. The van der Waals surface area contributed by atoms with Crippen LogP contribution in [0, 0.1) is 5.53 Å². The molecule has 0 rings (SSSR count). The molecule has 0 aromatic rings. The third kappa shape index (κ3) is 4.13. The van der Waals surface area contributed by atoms with Crippen molar-refractivity contribution in [3.63, 3.8) is 0 Å². The van der Waals surface area contributed by atoms with Crippen LogP contribution in [0.4, 0.5) is 0 Å². The highest BCUT2D eigenvalue weighted by atomic mass is 127. The van der Waals surface area contributed by atoms with E-state index in [0.29, 0.717) is 4.61 Å².